The van der Waals surface area contributed by atoms with Gasteiger partial charge in [0.05, 0.1) is 17.8 Å². The Morgan fingerprint density at radius 2 is 1.88 bits per heavy atom. The summed E-state index contributed by atoms with van der Waals surface area (Å²) < 4.78 is 10.1. The van der Waals surface area contributed by atoms with Crippen LogP contribution in [0.3, 0.4) is 0 Å². The summed E-state index contributed by atoms with van der Waals surface area (Å²) >= 11 is 0. The zero-order valence-electron chi connectivity index (χ0n) is 8.36. The summed E-state index contributed by atoms with van der Waals surface area (Å²) in [7, 11) is 0. The Hall–Kier alpha value is -2.10. The van der Waals surface area contributed by atoms with Gasteiger partial charge in [-0.2, -0.15) is 0 Å². The monoisotopic (exact) mass is 216 g/mol. The van der Waals surface area contributed by atoms with Gasteiger partial charge in [-0.25, -0.2) is 9.59 Å². The number of cyclic esters (lactones) is 2. The third-order valence-corrected chi connectivity index (χ3v) is 2.70. The molecular formula is C12H8O4. The van der Waals surface area contributed by atoms with Crippen LogP contribution in [0, 0.1) is 0 Å². The second-order valence-electron chi connectivity index (χ2n) is 3.63. The van der Waals surface area contributed by atoms with Gasteiger partial charge in [0.1, 0.15) is 5.75 Å². The van der Waals surface area contributed by atoms with Gasteiger partial charge in [-0.1, -0.05) is 18.2 Å². The molecule has 4 heteroatoms. The normalized spacial score (nSPS) is 18.5. The largest absolute Gasteiger partial charge is 0.493 e. The van der Waals surface area contributed by atoms with Gasteiger partial charge in [0.2, 0.25) is 0 Å². The molecule has 0 N–H and O–H groups in total. The average molecular weight is 216 g/mol. The van der Waals surface area contributed by atoms with E-state index in [1.165, 1.54) is 0 Å². The number of carbonyl (C=O) groups excluding carboxylic acids is 2. The highest BCUT2D eigenvalue weighted by molar-refractivity contribution is 6.31. The number of rotatable bonds is 0. The number of ether oxygens (including phenoxy) is 2. The van der Waals surface area contributed by atoms with E-state index in [0.29, 0.717) is 35.5 Å². The van der Waals surface area contributed by atoms with Crippen LogP contribution in [0.25, 0.3) is 5.57 Å². The molecule has 0 fully saturated rings. The van der Waals surface area contributed by atoms with E-state index >= 15 is 0 Å². The van der Waals surface area contributed by atoms with Crippen molar-refractivity contribution in [3.05, 3.63) is 35.4 Å². The van der Waals surface area contributed by atoms with Crippen LogP contribution in [-0.2, 0) is 14.3 Å². The fourth-order valence-electron chi connectivity index (χ4n) is 1.98. The van der Waals surface area contributed by atoms with Crippen LogP contribution in [0.15, 0.2) is 29.8 Å². The van der Waals surface area contributed by atoms with E-state index < -0.39 is 11.9 Å². The molecule has 2 aliphatic rings. The van der Waals surface area contributed by atoms with Gasteiger partial charge in [-0.05, 0) is 6.07 Å². The Kier molecular flexibility index (Phi) is 1.83. The van der Waals surface area contributed by atoms with Gasteiger partial charge in [0, 0.05) is 12.0 Å². The molecule has 2 aliphatic heterocycles. The quantitative estimate of drug-likeness (QED) is 0.484. The van der Waals surface area contributed by atoms with Gasteiger partial charge in [-0.15, -0.1) is 0 Å². The number of benzene rings is 1. The molecule has 0 saturated heterocycles. The standard InChI is InChI=1S/C12H8O4/c13-11-8-5-6-15-9-4-2-1-3-7(9)10(8)12(14)16-11/h1-4H,5-6H2. The van der Waals surface area contributed by atoms with Crippen LogP contribution in [0.4, 0.5) is 0 Å². The summed E-state index contributed by atoms with van der Waals surface area (Å²) in [6.45, 7) is 0.387. The predicted octanol–water partition coefficient (Wildman–Crippen LogP) is 1.31. The van der Waals surface area contributed by atoms with Crippen molar-refractivity contribution in [3.63, 3.8) is 0 Å². The lowest BCUT2D eigenvalue weighted by molar-refractivity contribution is -0.150. The molecule has 2 heterocycles. The fraction of sp³-hybridized carbons (Fsp3) is 0.167. The third kappa shape index (κ3) is 1.16. The molecule has 0 atom stereocenters. The maximum Gasteiger partial charge on any atom is 0.347 e. The van der Waals surface area contributed by atoms with Crippen molar-refractivity contribution in [1.29, 1.82) is 0 Å². The SMILES string of the molecule is O=C1OC(=O)C2=C1CCOc1ccccc12. The minimum absolute atomic E-state index is 0.359. The lowest BCUT2D eigenvalue weighted by Crippen LogP contribution is -2.06. The van der Waals surface area contributed by atoms with Crippen LogP contribution in [-0.4, -0.2) is 18.5 Å². The van der Waals surface area contributed by atoms with Crippen molar-refractivity contribution in [3.8, 4) is 5.75 Å². The molecule has 16 heavy (non-hydrogen) atoms. The van der Waals surface area contributed by atoms with E-state index in [2.05, 4.69) is 4.74 Å². The molecular weight excluding hydrogens is 208 g/mol. The minimum atomic E-state index is -0.571. The molecule has 0 spiro atoms. The summed E-state index contributed by atoms with van der Waals surface area (Å²) in [6.07, 6.45) is 0.411. The Bertz CT molecular complexity index is 528. The van der Waals surface area contributed by atoms with E-state index in [9.17, 15) is 9.59 Å². The summed E-state index contributed by atoms with van der Waals surface area (Å²) in [5, 5.41) is 0. The summed E-state index contributed by atoms with van der Waals surface area (Å²) in [5.74, 6) is -0.489. The van der Waals surface area contributed by atoms with Crippen molar-refractivity contribution in [2.45, 2.75) is 6.42 Å². The second kappa shape index (κ2) is 3.20. The van der Waals surface area contributed by atoms with Crippen LogP contribution >= 0.6 is 0 Å². The molecule has 1 aromatic carbocycles. The van der Waals surface area contributed by atoms with Crippen molar-refractivity contribution in [1.82, 2.24) is 0 Å². The molecule has 1 aromatic rings. The highest BCUT2D eigenvalue weighted by Gasteiger charge is 2.36. The molecule has 80 valence electrons. The maximum absolute atomic E-state index is 11.6. The maximum atomic E-state index is 11.6. The number of esters is 2. The van der Waals surface area contributed by atoms with E-state index in [-0.39, 0.29) is 0 Å². The molecule has 3 rings (SSSR count). The molecule has 0 amide bonds. The molecule has 0 bridgehead atoms. The molecule has 0 radical (unpaired) electrons. The van der Waals surface area contributed by atoms with Crippen LogP contribution in [0.1, 0.15) is 12.0 Å². The van der Waals surface area contributed by atoms with Crippen molar-refractivity contribution < 1.29 is 19.1 Å². The smallest absolute Gasteiger partial charge is 0.347 e. The number of fused-ring (bicyclic) bond motifs is 2. The van der Waals surface area contributed by atoms with E-state index in [1.807, 2.05) is 6.07 Å². The number of hydrogen-bond acceptors (Lipinski definition) is 4. The zero-order chi connectivity index (χ0) is 11.1. The predicted molar refractivity (Wildman–Crippen MR) is 54.6 cm³/mol. The van der Waals surface area contributed by atoms with E-state index in [0.717, 1.165) is 0 Å². The lowest BCUT2D eigenvalue weighted by atomic mass is 10.0. The minimum Gasteiger partial charge on any atom is -0.493 e. The first kappa shape index (κ1) is 9.15. The van der Waals surface area contributed by atoms with Gasteiger partial charge in [0.25, 0.3) is 0 Å². The number of para-hydroxylation sites is 1. The van der Waals surface area contributed by atoms with E-state index in [1.54, 1.807) is 18.2 Å². The van der Waals surface area contributed by atoms with Gasteiger partial charge in [0.15, 0.2) is 0 Å². The number of carbonyl (C=O) groups is 2. The van der Waals surface area contributed by atoms with Crippen molar-refractivity contribution >= 4 is 17.5 Å². The fourth-order valence-corrected chi connectivity index (χ4v) is 1.98. The first-order valence-electron chi connectivity index (χ1n) is 4.99. The van der Waals surface area contributed by atoms with E-state index in [4.69, 9.17) is 4.74 Å². The highest BCUT2D eigenvalue weighted by Crippen LogP contribution is 2.36. The van der Waals surface area contributed by atoms with Crippen molar-refractivity contribution in [2.24, 2.45) is 0 Å². The Morgan fingerprint density at radius 1 is 1.06 bits per heavy atom. The first-order chi connectivity index (χ1) is 7.77. The molecule has 0 unspecified atom stereocenters. The van der Waals surface area contributed by atoms with Crippen LogP contribution in [0.5, 0.6) is 5.75 Å². The molecule has 4 nitrogen and oxygen atoms in total. The number of hydrogen-bond donors (Lipinski definition) is 0. The lowest BCUT2D eigenvalue weighted by Gasteiger charge is -2.07. The van der Waals surface area contributed by atoms with Crippen LogP contribution in [0.2, 0.25) is 0 Å². The summed E-state index contributed by atoms with van der Waals surface area (Å²) in [4.78, 5) is 23.0. The summed E-state index contributed by atoms with van der Waals surface area (Å²) in [6, 6.07) is 7.16. The summed E-state index contributed by atoms with van der Waals surface area (Å²) in [5.41, 5.74) is 1.43. The second-order valence-corrected chi connectivity index (χ2v) is 3.63. The zero-order valence-corrected chi connectivity index (χ0v) is 8.36. The highest BCUT2D eigenvalue weighted by atomic mass is 16.6. The van der Waals surface area contributed by atoms with Gasteiger partial charge >= 0.3 is 11.9 Å². The Labute approximate surface area is 91.5 Å². The third-order valence-electron chi connectivity index (χ3n) is 2.70. The molecule has 0 aliphatic carbocycles. The Balaban J connectivity index is 2.26. The topological polar surface area (TPSA) is 52.6 Å². The first-order valence-corrected chi connectivity index (χ1v) is 4.99. The molecule has 0 saturated carbocycles. The van der Waals surface area contributed by atoms with Gasteiger partial charge in [-0.3, -0.25) is 0 Å². The van der Waals surface area contributed by atoms with Crippen molar-refractivity contribution in [2.75, 3.05) is 6.61 Å². The molecule has 0 aromatic heterocycles. The average Bonchev–Trinajstić information content (AvgIpc) is 2.49. The Morgan fingerprint density at radius 3 is 2.75 bits per heavy atom. The van der Waals surface area contributed by atoms with Crippen LogP contribution < -0.4 is 4.74 Å². The van der Waals surface area contributed by atoms with Gasteiger partial charge < -0.3 is 9.47 Å².